The Morgan fingerprint density at radius 1 is 0.906 bits per heavy atom. The molecular weight excluding hydrogens is 452 g/mol. The Balaban J connectivity index is 1.52. The van der Waals surface area contributed by atoms with E-state index in [2.05, 4.69) is 10.0 Å². The van der Waals surface area contributed by atoms with Gasteiger partial charge in [-0.2, -0.15) is 0 Å². The Bertz CT molecular complexity index is 1150. The van der Waals surface area contributed by atoms with Gasteiger partial charge in [-0.25, -0.2) is 8.42 Å². The first-order chi connectivity index (χ1) is 15.4. The molecule has 168 valence electrons. The molecule has 3 aromatic rings. The zero-order valence-corrected chi connectivity index (χ0v) is 18.9. The molecule has 9 heteroatoms. The van der Waals surface area contributed by atoms with Crippen LogP contribution < -0.4 is 19.5 Å². The number of rotatable bonds is 10. The Hall–Kier alpha value is -3.23. The highest BCUT2D eigenvalue weighted by atomic mass is 35.5. The van der Waals surface area contributed by atoms with Gasteiger partial charge in [-0.3, -0.25) is 9.52 Å². The maximum atomic E-state index is 12.6. The molecule has 3 rings (SSSR count). The van der Waals surface area contributed by atoms with Crippen LogP contribution in [0.1, 0.15) is 12.5 Å². The van der Waals surface area contributed by atoms with E-state index in [1.807, 2.05) is 25.1 Å². The topological polar surface area (TPSA) is 93.7 Å². The van der Waals surface area contributed by atoms with Crippen molar-refractivity contribution >= 4 is 33.2 Å². The van der Waals surface area contributed by atoms with Crippen molar-refractivity contribution in [2.45, 2.75) is 18.4 Å². The van der Waals surface area contributed by atoms with Crippen molar-refractivity contribution in [3.8, 4) is 11.5 Å². The lowest BCUT2D eigenvalue weighted by atomic mass is 10.2. The molecular formula is C23H23ClN2O5S. The maximum absolute atomic E-state index is 12.6. The fraction of sp³-hybridized carbons (Fsp3) is 0.174. The third-order valence-electron chi connectivity index (χ3n) is 4.36. The van der Waals surface area contributed by atoms with Gasteiger partial charge in [0.1, 0.15) is 11.5 Å². The summed E-state index contributed by atoms with van der Waals surface area (Å²) >= 11 is 6.06. The zero-order valence-electron chi connectivity index (χ0n) is 17.4. The number of anilines is 1. The predicted octanol–water partition coefficient (Wildman–Crippen LogP) is 4.23. The van der Waals surface area contributed by atoms with Gasteiger partial charge in [0.2, 0.25) is 0 Å². The molecule has 7 nitrogen and oxygen atoms in total. The lowest BCUT2D eigenvalue weighted by Crippen LogP contribution is -2.28. The summed E-state index contributed by atoms with van der Waals surface area (Å²) in [5.74, 6) is 0.713. The molecule has 0 radical (unpaired) electrons. The Morgan fingerprint density at radius 2 is 1.53 bits per heavy atom. The van der Waals surface area contributed by atoms with Crippen LogP contribution in [-0.2, 0) is 21.4 Å². The summed E-state index contributed by atoms with van der Waals surface area (Å²) in [6, 6.07) is 19.7. The van der Waals surface area contributed by atoms with Crippen LogP contribution in [0.4, 0.5) is 5.69 Å². The van der Waals surface area contributed by atoms with E-state index >= 15 is 0 Å². The number of halogens is 1. The standard InChI is InChI=1S/C23H23ClN2O5S/c1-2-30-19-9-7-18(8-10-19)26-32(28,29)21-13-11-20(12-14-21)31-16-23(27)25-15-17-5-3-4-6-22(17)24/h3-14,26H,2,15-16H2,1H3,(H,25,27). The molecule has 0 atom stereocenters. The van der Waals surface area contributed by atoms with Gasteiger partial charge in [0, 0.05) is 17.3 Å². The molecule has 0 aromatic heterocycles. The van der Waals surface area contributed by atoms with E-state index in [-0.39, 0.29) is 24.0 Å². The van der Waals surface area contributed by atoms with E-state index in [1.54, 1.807) is 30.3 Å². The molecule has 0 aliphatic rings. The largest absolute Gasteiger partial charge is 0.494 e. The van der Waals surface area contributed by atoms with E-state index in [9.17, 15) is 13.2 Å². The summed E-state index contributed by atoms with van der Waals surface area (Å²) in [7, 11) is -3.77. The molecule has 0 unspecified atom stereocenters. The second kappa shape index (κ2) is 10.9. The molecule has 1 amide bonds. The van der Waals surface area contributed by atoms with E-state index in [1.165, 1.54) is 24.3 Å². The Kier molecular flexibility index (Phi) is 7.97. The second-order valence-electron chi connectivity index (χ2n) is 6.69. The van der Waals surface area contributed by atoms with Crippen LogP contribution in [-0.4, -0.2) is 27.5 Å². The number of ether oxygens (including phenoxy) is 2. The van der Waals surface area contributed by atoms with Crippen LogP contribution in [0.5, 0.6) is 11.5 Å². The third-order valence-corrected chi connectivity index (χ3v) is 6.12. The number of carbonyl (C=O) groups excluding carboxylic acids is 1. The fourth-order valence-corrected chi connectivity index (χ4v) is 4.01. The minimum absolute atomic E-state index is 0.0712. The van der Waals surface area contributed by atoms with Crippen LogP contribution >= 0.6 is 11.6 Å². The minimum atomic E-state index is -3.77. The van der Waals surface area contributed by atoms with Crippen LogP contribution in [0.2, 0.25) is 5.02 Å². The number of carbonyl (C=O) groups is 1. The first-order valence-electron chi connectivity index (χ1n) is 9.86. The average Bonchev–Trinajstić information content (AvgIpc) is 2.79. The number of nitrogens with one attached hydrogen (secondary N) is 2. The van der Waals surface area contributed by atoms with Crippen molar-refractivity contribution in [1.29, 1.82) is 0 Å². The van der Waals surface area contributed by atoms with Crippen molar-refractivity contribution in [3.05, 3.63) is 83.4 Å². The van der Waals surface area contributed by atoms with Crippen LogP contribution in [0.15, 0.2) is 77.7 Å². The van der Waals surface area contributed by atoms with Gasteiger partial charge in [0.15, 0.2) is 6.61 Å². The van der Waals surface area contributed by atoms with E-state index < -0.39 is 10.0 Å². The maximum Gasteiger partial charge on any atom is 0.261 e. The lowest BCUT2D eigenvalue weighted by Gasteiger charge is -2.11. The predicted molar refractivity (Wildman–Crippen MR) is 124 cm³/mol. The molecule has 3 aromatic carbocycles. The van der Waals surface area contributed by atoms with E-state index in [0.29, 0.717) is 28.8 Å². The minimum Gasteiger partial charge on any atom is -0.494 e. The van der Waals surface area contributed by atoms with Crippen molar-refractivity contribution in [3.63, 3.8) is 0 Å². The van der Waals surface area contributed by atoms with Gasteiger partial charge in [-0.1, -0.05) is 29.8 Å². The Labute approximate surface area is 192 Å². The molecule has 0 bridgehead atoms. The second-order valence-corrected chi connectivity index (χ2v) is 8.78. The zero-order chi connectivity index (χ0) is 23.0. The van der Waals surface area contributed by atoms with Crippen LogP contribution in [0.3, 0.4) is 0 Å². The number of amides is 1. The fourth-order valence-electron chi connectivity index (χ4n) is 2.75. The van der Waals surface area contributed by atoms with Crippen molar-refractivity contribution in [2.75, 3.05) is 17.9 Å². The van der Waals surface area contributed by atoms with Crippen LogP contribution in [0.25, 0.3) is 0 Å². The SMILES string of the molecule is CCOc1ccc(NS(=O)(=O)c2ccc(OCC(=O)NCc3ccccc3Cl)cc2)cc1. The molecule has 0 heterocycles. The van der Waals surface area contributed by atoms with Gasteiger partial charge in [-0.05, 0) is 67.1 Å². The van der Waals surface area contributed by atoms with Crippen molar-refractivity contribution < 1.29 is 22.7 Å². The third kappa shape index (κ3) is 6.63. The van der Waals surface area contributed by atoms with Gasteiger partial charge >= 0.3 is 0 Å². The van der Waals surface area contributed by atoms with E-state index in [4.69, 9.17) is 21.1 Å². The van der Waals surface area contributed by atoms with Gasteiger partial charge in [0.05, 0.1) is 11.5 Å². The average molecular weight is 475 g/mol. The summed E-state index contributed by atoms with van der Waals surface area (Å²) in [6.07, 6.45) is 0. The summed E-state index contributed by atoms with van der Waals surface area (Å²) in [4.78, 5) is 12.1. The molecule has 2 N–H and O–H groups in total. The lowest BCUT2D eigenvalue weighted by molar-refractivity contribution is -0.123. The molecule has 0 fully saturated rings. The first kappa shape index (κ1) is 23.4. The normalized spacial score (nSPS) is 10.9. The van der Waals surface area contributed by atoms with Gasteiger partial charge in [-0.15, -0.1) is 0 Å². The molecule has 0 aliphatic heterocycles. The monoisotopic (exact) mass is 474 g/mol. The quantitative estimate of drug-likeness (QED) is 0.458. The molecule has 0 spiro atoms. The summed E-state index contributed by atoms with van der Waals surface area (Å²) in [6.45, 7) is 2.48. The van der Waals surface area contributed by atoms with Gasteiger partial charge in [0.25, 0.3) is 15.9 Å². The smallest absolute Gasteiger partial charge is 0.261 e. The number of sulfonamides is 1. The van der Waals surface area contributed by atoms with E-state index in [0.717, 1.165) is 5.56 Å². The van der Waals surface area contributed by atoms with Crippen LogP contribution in [0, 0.1) is 0 Å². The number of hydrogen-bond donors (Lipinski definition) is 2. The number of hydrogen-bond acceptors (Lipinski definition) is 5. The highest BCUT2D eigenvalue weighted by molar-refractivity contribution is 7.92. The summed E-state index contributed by atoms with van der Waals surface area (Å²) in [5, 5.41) is 3.30. The molecule has 0 aliphatic carbocycles. The Morgan fingerprint density at radius 3 is 2.19 bits per heavy atom. The highest BCUT2D eigenvalue weighted by Crippen LogP contribution is 2.21. The highest BCUT2D eigenvalue weighted by Gasteiger charge is 2.14. The number of benzene rings is 3. The molecule has 32 heavy (non-hydrogen) atoms. The summed E-state index contributed by atoms with van der Waals surface area (Å²) < 4.78 is 38.4. The van der Waals surface area contributed by atoms with Gasteiger partial charge < -0.3 is 14.8 Å². The molecule has 0 saturated heterocycles. The summed E-state index contributed by atoms with van der Waals surface area (Å²) in [5.41, 5.74) is 1.22. The van der Waals surface area contributed by atoms with Crippen molar-refractivity contribution in [2.24, 2.45) is 0 Å². The van der Waals surface area contributed by atoms with Crippen molar-refractivity contribution in [1.82, 2.24) is 5.32 Å². The molecule has 0 saturated carbocycles. The first-order valence-corrected chi connectivity index (χ1v) is 11.7.